The van der Waals surface area contributed by atoms with Gasteiger partial charge in [-0.15, -0.1) is 0 Å². The lowest BCUT2D eigenvalue weighted by molar-refractivity contribution is 0.0303. The fourth-order valence-corrected chi connectivity index (χ4v) is 4.02. The first-order chi connectivity index (χ1) is 13.3. The molecule has 1 saturated heterocycles. The number of carbonyl (C=O) groups is 1. The molecule has 1 aliphatic heterocycles. The van der Waals surface area contributed by atoms with Crippen LogP contribution in [0.5, 0.6) is 0 Å². The van der Waals surface area contributed by atoms with Crippen molar-refractivity contribution in [2.45, 2.75) is 5.03 Å². The van der Waals surface area contributed by atoms with Gasteiger partial charge in [0.1, 0.15) is 0 Å². The lowest BCUT2D eigenvalue weighted by Crippen LogP contribution is -2.40. The minimum atomic E-state index is -3.59. The summed E-state index contributed by atoms with van der Waals surface area (Å²) in [5.41, 5.74) is 0.884. The van der Waals surface area contributed by atoms with Gasteiger partial charge in [0.05, 0.1) is 23.2 Å². The van der Waals surface area contributed by atoms with Gasteiger partial charge in [-0.05, 0) is 34.1 Å². The zero-order valence-corrected chi connectivity index (χ0v) is 17.3. The first kappa shape index (κ1) is 19.0. The van der Waals surface area contributed by atoms with Crippen LogP contribution in [0.15, 0.2) is 40.1 Å². The average molecular weight is 466 g/mol. The molecule has 4 rings (SSSR count). The largest absolute Gasteiger partial charge is 0.378 e. The number of amides is 1. The van der Waals surface area contributed by atoms with Gasteiger partial charge >= 0.3 is 0 Å². The van der Waals surface area contributed by atoms with Gasteiger partial charge in [0.25, 0.3) is 11.9 Å². The van der Waals surface area contributed by atoms with E-state index in [1.165, 1.54) is 4.68 Å². The van der Waals surface area contributed by atoms with E-state index in [1.807, 2.05) is 0 Å². The number of rotatable bonds is 3. The number of halogens is 1. The van der Waals surface area contributed by atoms with Gasteiger partial charge < -0.3 is 9.64 Å². The molecule has 28 heavy (non-hydrogen) atoms. The normalized spacial score (nSPS) is 15.1. The van der Waals surface area contributed by atoms with Gasteiger partial charge in [0.2, 0.25) is 0 Å². The highest BCUT2D eigenvalue weighted by atomic mass is 79.9. The fourth-order valence-electron chi connectivity index (χ4n) is 3.01. The van der Waals surface area contributed by atoms with Crippen LogP contribution in [0, 0.1) is 0 Å². The number of carbonyl (C=O) groups excluding carboxylic acids is 1. The zero-order valence-electron chi connectivity index (χ0n) is 14.9. The number of hydrogen-bond acceptors (Lipinski definition) is 7. The molecule has 0 atom stereocenters. The number of ether oxygens (including phenoxy) is 1. The Bertz CT molecular complexity index is 1150. The van der Waals surface area contributed by atoms with Crippen LogP contribution in [-0.2, 0) is 14.6 Å². The lowest BCUT2D eigenvalue weighted by Gasteiger charge is -2.26. The Kier molecular flexibility index (Phi) is 4.89. The Morgan fingerprint density at radius 1 is 1.18 bits per heavy atom. The number of nitrogens with zero attached hydrogens (tertiary/aromatic N) is 5. The van der Waals surface area contributed by atoms with Crippen molar-refractivity contribution in [3.8, 4) is 5.95 Å². The molecule has 0 saturated carbocycles. The summed E-state index contributed by atoms with van der Waals surface area (Å²) in [7, 11) is -3.59. The van der Waals surface area contributed by atoms with E-state index in [4.69, 9.17) is 4.74 Å². The first-order valence-corrected chi connectivity index (χ1v) is 11.1. The Labute approximate surface area is 169 Å². The van der Waals surface area contributed by atoms with Crippen LogP contribution >= 0.6 is 15.9 Å². The molecule has 1 aromatic carbocycles. The van der Waals surface area contributed by atoms with Gasteiger partial charge in [-0.25, -0.2) is 18.4 Å². The molecule has 0 aliphatic carbocycles. The summed E-state index contributed by atoms with van der Waals surface area (Å²) >= 11 is 3.27. The molecule has 0 spiro atoms. The van der Waals surface area contributed by atoms with Crippen molar-refractivity contribution >= 4 is 42.6 Å². The third kappa shape index (κ3) is 3.52. The van der Waals surface area contributed by atoms with E-state index >= 15 is 0 Å². The number of benzene rings is 1. The summed E-state index contributed by atoms with van der Waals surface area (Å²) in [6.45, 7) is 2.02. The van der Waals surface area contributed by atoms with Crippen LogP contribution < -0.4 is 0 Å². The van der Waals surface area contributed by atoms with E-state index in [-0.39, 0.29) is 16.9 Å². The second-order valence-corrected chi connectivity index (χ2v) is 9.17. The average Bonchev–Trinajstić information content (AvgIpc) is 3.08. The number of hydrogen-bond donors (Lipinski definition) is 0. The molecule has 0 unspecified atom stereocenters. The Balaban J connectivity index is 1.87. The molecule has 3 aromatic rings. The number of fused-ring (bicyclic) bond motifs is 1. The van der Waals surface area contributed by atoms with E-state index in [9.17, 15) is 13.2 Å². The van der Waals surface area contributed by atoms with Crippen molar-refractivity contribution in [1.29, 1.82) is 0 Å². The number of morpholine rings is 1. The van der Waals surface area contributed by atoms with E-state index < -0.39 is 9.84 Å². The Hall–Kier alpha value is -2.37. The monoisotopic (exact) mass is 465 g/mol. The molecule has 1 aliphatic rings. The third-order valence-corrected chi connectivity index (χ3v) is 5.75. The molecule has 3 heterocycles. The van der Waals surface area contributed by atoms with Crippen molar-refractivity contribution < 1.29 is 17.9 Å². The molecule has 1 amide bonds. The maximum atomic E-state index is 12.8. The highest BCUT2D eigenvalue weighted by Gasteiger charge is 2.24. The van der Waals surface area contributed by atoms with E-state index in [0.29, 0.717) is 47.2 Å². The Morgan fingerprint density at radius 3 is 2.50 bits per heavy atom. The molecule has 0 N–H and O–H groups in total. The summed E-state index contributed by atoms with van der Waals surface area (Å²) in [5.74, 6) is 0.0645. The SMILES string of the molecule is CS(=O)(=O)c1nn(-c2ncc(Br)cn2)c2cc(C(=O)N3CCOCC3)ccc12. The smallest absolute Gasteiger partial charge is 0.254 e. The molecular formula is C17H16BrN5O4S. The van der Waals surface area contributed by atoms with Gasteiger partial charge in [-0.1, -0.05) is 0 Å². The predicted molar refractivity (Wildman–Crippen MR) is 104 cm³/mol. The molecule has 146 valence electrons. The topological polar surface area (TPSA) is 107 Å². The second kappa shape index (κ2) is 7.22. The highest BCUT2D eigenvalue weighted by molar-refractivity contribution is 9.10. The molecule has 0 radical (unpaired) electrons. The molecule has 9 nitrogen and oxygen atoms in total. The summed E-state index contributed by atoms with van der Waals surface area (Å²) < 4.78 is 31.7. The maximum Gasteiger partial charge on any atom is 0.254 e. The van der Waals surface area contributed by atoms with Crippen LogP contribution in [0.2, 0.25) is 0 Å². The van der Waals surface area contributed by atoms with E-state index in [0.717, 1.165) is 6.26 Å². The van der Waals surface area contributed by atoms with Crippen LogP contribution in [0.4, 0.5) is 0 Å². The fraction of sp³-hybridized carbons (Fsp3) is 0.294. The second-order valence-electron chi connectivity index (χ2n) is 6.33. The van der Waals surface area contributed by atoms with Gasteiger partial charge in [0, 0.05) is 42.7 Å². The van der Waals surface area contributed by atoms with Crippen molar-refractivity contribution in [2.75, 3.05) is 32.6 Å². The van der Waals surface area contributed by atoms with Crippen LogP contribution in [0.1, 0.15) is 10.4 Å². The minimum absolute atomic E-state index is 0.0839. The minimum Gasteiger partial charge on any atom is -0.378 e. The summed E-state index contributed by atoms with van der Waals surface area (Å²) in [4.78, 5) is 22.9. The van der Waals surface area contributed by atoms with Crippen LogP contribution in [-0.4, -0.2) is 71.5 Å². The number of sulfone groups is 1. The van der Waals surface area contributed by atoms with E-state index in [2.05, 4.69) is 31.0 Å². The van der Waals surface area contributed by atoms with Crippen molar-refractivity contribution in [1.82, 2.24) is 24.6 Å². The van der Waals surface area contributed by atoms with Gasteiger partial charge in [0.15, 0.2) is 14.9 Å². The standard InChI is InChI=1S/C17H16BrN5O4S/c1-28(25,26)15-13-3-2-11(16(24)22-4-6-27-7-5-22)8-14(13)23(21-15)17-19-9-12(18)10-20-17/h2-3,8-10H,4-7H2,1H3. The molecule has 0 bridgehead atoms. The molecule has 1 fully saturated rings. The highest BCUT2D eigenvalue weighted by Crippen LogP contribution is 2.26. The lowest BCUT2D eigenvalue weighted by atomic mass is 10.1. The summed E-state index contributed by atoms with van der Waals surface area (Å²) in [5, 5.41) is 4.54. The predicted octanol–water partition coefficient (Wildman–Crippen LogP) is 1.45. The van der Waals surface area contributed by atoms with Crippen LogP contribution in [0.25, 0.3) is 16.9 Å². The first-order valence-electron chi connectivity index (χ1n) is 8.42. The quantitative estimate of drug-likeness (QED) is 0.575. The molecule has 11 heteroatoms. The van der Waals surface area contributed by atoms with Gasteiger partial charge in [-0.2, -0.15) is 9.78 Å². The van der Waals surface area contributed by atoms with Crippen LogP contribution in [0.3, 0.4) is 0 Å². The zero-order chi connectivity index (χ0) is 19.9. The third-order valence-electron chi connectivity index (χ3n) is 4.34. The van der Waals surface area contributed by atoms with Crippen molar-refractivity contribution in [3.63, 3.8) is 0 Å². The van der Waals surface area contributed by atoms with Gasteiger partial charge in [-0.3, -0.25) is 4.79 Å². The maximum absolute atomic E-state index is 12.8. The van der Waals surface area contributed by atoms with Crippen molar-refractivity contribution in [3.05, 3.63) is 40.6 Å². The number of aromatic nitrogens is 4. The summed E-state index contributed by atoms with van der Waals surface area (Å²) in [6.07, 6.45) is 4.17. The van der Waals surface area contributed by atoms with E-state index in [1.54, 1.807) is 35.5 Å². The Morgan fingerprint density at radius 2 is 1.86 bits per heavy atom. The van der Waals surface area contributed by atoms with Crippen molar-refractivity contribution in [2.24, 2.45) is 0 Å². The summed E-state index contributed by atoms with van der Waals surface area (Å²) in [6, 6.07) is 4.84. The molecular weight excluding hydrogens is 450 g/mol. The molecule has 2 aromatic heterocycles.